The Kier molecular flexibility index (Phi) is 5.58. The fourth-order valence-corrected chi connectivity index (χ4v) is 3.98. The first-order valence-corrected chi connectivity index (χ1v) is 9.83. The summed E-state index contributed by atoms with van der Waals surface area (Å²) in [5.41, 5.74) is 2.54. The quantitative estimate of drug-likeness (QED) is 0.349. The van der Waals surface area contributed by atoms with E-state index in [1.165, 1.54) is 4.90 Å². The van der Waals surface area contributed by atoms with Crippen molar-refractivity contribution in [3.05, 3.63) is 89.5 Å². The van der Waals surface area contributed by atoms with Gasteiger partial charge in [-0.15, -0.1) is 0 Å². The van der Waals surface area contributed by atoms with Crippen LogP contribution in [0.3, 0.4) is 0 Å². The molecule has 1 saturated heterocycles. The summed E-state index contributed by atoms with van der Waals surface area (Å²) in [6, 6.07) is 11.3. The molecule has 0 bridgehead atoms. The van der Waals surface area contributed by atoms with E-state index in [-0.39, 0.29) is 6.54 Å². The van der Waals surface area contributed by atoms with Gasteiger partial charge in [-0.25, -0.2) is 0 Å². The van der Waals surface area contributed by atoms with Crippen LogP contribution in [0.15, 0.2) is 67.3 Å². The van der Waals surface area contributed by atoms with Crippen molar-refractivity contribution < 1.29 is 19.1 Å². The molecule has 4 rings (SSSR count). The van der Waals surface area contributed by atoms with Gasteiger partial charge in [0.25, 0.3) is 5.91 Å². The van der Waals surface area contributed by atoms with E-state index in [1.807, 2.05) is 13.0 Å². The van der Waals surface area contributed by atoms with Crippen molar-refractivity contribution >= 4 is 17.5 Å². The summed E-state index contributed by atoms with van der Waals surface area (Å²) in [7, 11) is 1.55. The van der Waals surface area contributed by atoms with Gasteiger partial charge in [-0.3, -0.25) is 24.4 Å². The average Bonchev–Trinajstić information content (AvgIpc) is 3.04. The van der Waals surface area contributed by atoms with Gasteiger partial charge in [0.15, 0.2) is 5.78 Å². The highest BCUT2D eigenvalue weighted by atomic mass is 16.5. The number of hydrogen-bond donors (Lipinski definition) is 0. The molecule has 3 heterocycles. The fraction of sp³-hybridized carbons (Fsp3) is 0.208. The van der Waals surface area contributed by atoms with Gasteiger partial charge in [-0.1, -0.05) is 12.1 Å². The molecular formula is C24H21N3O4. The van der Waals surface area contributed by atoms with Gasteiger partial charge in [-0.05, 0) is 53.9 Å². The fourth-order valence-electron chi connectivity index (χ4n) is 3.98. The third kappa shape index (κ3) is 3.82. The molecule has 31 heavy (non-hydrogen) atoms. The van der Waals surface area contributed by atoms with E-state index in [1.54, 1.807) is 68.3 Å². The SMILES string of the molecule is COc1ccc(C(=O)C2C(=O)C(=O)N(Cc3cccnc3)C2c2cccnc2)cc1C. The monoisotopic (exact) mass is 415 g/mol. The minimum absolute atomic E-state index is 0.170. The summed E-state index contributed by atoms with van der Waals surface area (Å²) in [6.45, 7) is 1.99. The first kappa shape index (κ1) is 20.4. The van der Waals surface area contributed by atoms with E-state index in [2.05, 4.69) is 9.97 Å². The van der Waals surface area contributed by atoms with Crippen LogP contribution < -0.4 is 4.74 Å². The normalized spacial score (nSPS) is 18.3. The van der Waals surface area contributed by atoms with Gasteiger partial charge in [0.1, 0.15) is 11.7 Å². The largest absolute Gasteiger partial charge is 0.496 e. The lowest BCUT2D eigenvalue weighted by atomic mass is 9.86. The van der Waals surface area contributed by atoms with Gasteiger partial charge < -0.3 is 9.64 Å². The van der Waals surface area contributed by atoms with E-state index >= 15 is 0 Å². The number of amides is 1. The molecule has 1 aliphatic rings. The maximum absolute atomic E-state index is 13.5. The van der Waals surface area contributed by atoms with Gasteiger partial charge in [0.05, 0.1) is 13.2 Å². The molecule has 2 atom stereocenters. The van der Waals surface area contributed by atoms with E-state index in [0.29, 0.717) is 16.9 Å². The van der Waals surface area contributed by atoms with Crippen molar-refractivity contribution in [1.29, 1.82) is 0 Å². The topological polar surface area (TPSA) is 89.5 Å². The minimum atomic E-state index is -1.15. The molecule has 7 nitrogen and oxygen atoms in total. The van der Waals surface area contributed by atoms with E-state index in [4.69, 9.17) is 4.74 Å². The number of carbonyl (C=O) groups excluding carboxylic acids is 3. The zero-order valence-corrected chi connectivity index (χ0v) is 17.2. The third-order valence-corrected chi connectivity index (χ3v) is 5.47. The number of pyridine rings is 2. The van der Waals surface area contributed by atoms with Gasteiger partial charge in [-0.2, -0.15) is 0 Å². The summed E-state index contributed by atoms with van der Waals surface area (Å²) in [6.07, 6.45) is 6.47. The van der Waals surface area contributed by atoms with Crippen LogP contribution in [0.4, 0.5) is 0 Å². The van der Waals surface area contributed by atoms with E-state index in [0.717, 1.165) is 11.1 Å². The Morgan fingerprint density at radius 1 is 1.06 bits per heavy atom. The van der Waals surface area contributed by atoms with Gasteiger partial charge >= 0.3 is 0 Å². The summed E-state index contributed by atoms with van der Waals surface area (Å²) >= 11 is 0. The van der Waals surface area contributed by atoms with Crippen LogP contribution in [0.2, 0.25) is 0 Å². The number of carbonyl (C=O) groups is 3. The number of aromatic nitrogens is 2. The molecule has 1 aliphatic heterocycles. The van der Waals surface area contributed by atoms with Crippen molar-refractivity contribution in [2.24, 2.45) is 5.92 Å². The van der Waals surface area contributed by atoms with Crippen molar-refractivity contribution in [2.45, 2.75) is 19.5 Å². The van der Waals surface area contributed by atoms with Crippen LogP contribution in [0.1, 0.15) is 33.1 Å². The standard InChI is InChI=1S/C24H21N3O4/c1-15-11-17(7-8-19(15)31-2)22(28)20-21(18-6-4-10-26-13-18)27(24(30)23(20)29)14-16-5-3-9-25-12-16/h3-13,20-21H,14H2,1-2H3. The first-order chi connectivity index (χ1) is 15.0. The number of nitrogens with zero attached hydrogens (tertiary/aromatic N) is 3. The molecule has 2 unspecified atom stereocenters. The molecule has 0 aliphatic carbocycles. The first-order valence-electron chi connectivity index (χ1n) is 9.83. The number of aryl methyl sites for hydroxylation is 1. The van der Waals surface area contributed by atoms with E-state index in [9.17, 15) is 14.4 Å². The zero-order chi connectivity index (χ0) is 22.0. The number of methoxy groups -OCH3 is 1. The molecule has 3 aromatic rings. The van der Waals surface area contributed by atoms with E-state index < -0.39 is 29.4 Å². The van der Waals surface area contributed by atoms with Crippen LogP contribution in [0.5, 0.6) is 5.75 Å². The summed E-state index contributed by atoms with van der Waals surface area (Å²) in [4.78, 5) is 49.1. The third-order valence-electron chi connectivity index (χ3n) is 5.47. The number of ether oxygens (including phenoxy) is 1. The molecule has 1 fully saturated rings. The molecule has 1 aromatic carbocycles. The Bertz CT molecular complexity index is 1130. The Morgan fingerprint density at radius 2 is 1.81 bits per heavy atom. The lowest BCUT2D eigenvalue weighted by molar-refractivity contribution is -0.141. The Labute approximate surface area is 179 Å². The second kappa shape index (κ2) is 8.47. The second-order valence-corrected chi connectivity index (χ2v) is 7.42. The average molecular weight is 415 g/mol. The van der Waals surface area contributed by atoms with Gasteiger partial charge in [0.2, 0.25) is 5.78 Å². The molecule has 2 aromatic heterocycles. The molecule has 1 amide bonds. The summed E-state index contributed by atoms with van der Waals surface area (Å²) < 4.78 is 5.26. The molecule has 156 valence electrons. The lowest BCUT2D eigenvalue weighted by Gasteiger charge is -2.27. The Hall–Kier alpha value is -3.87. The van der Waals surface area contributed by atoms with Crippen LogP contribution in [-0.4, -0.2) is 39.5 Å². The van der Waals surface area contributed by atoms with Crippen molar-refractivity contribution in [3.8, 4) is 5.75 Å². The maximum Gasteiger partial charge on any atom is 0.291 e. The number of likely N-dealkylation sites (tertiary alicyclic amines) is 1. The molecule has 7 heteroatoms. The number of hydrogen-bond acceptors (Lipinski definition) is 6. The Balaban J connectivity index is 1.76. The predicted molar refractivity (Wildman–Crippen MR) is 112 cm³/mol. The molecular weight excluding hydrogens is 394 g/mol. The number of ketones is 2. The van der Waals surface area contributed by atoms with Crippen molar-refractivity contribution in [2.75, 3.05) is 7.11 Å². The van der Waals surface area contributed by atoms with Crippen LogP contribution >= 0.6 is 0 Å². The van der Waals surface area contributed by atoms with Gasteiger partial charge in [0, 0.05) is 36.9 Å². The van der Waals surface area contributed by atoms with Crippen molar-refractivity contribution in [1.82, 2.24) is 14.9 Å². The maximum atomic E-state index is 13.5. The summed E-state index contributed by atoms with van der Waals surface area (Å²) in [5, 5.41) is 0. The minimum Gasteiger partial charge on any atom is -0.496 e. The van der Waals surface area contributed by atoms with Crippen molar-refractivity contribution in [3.63, 3.8) is 0 Å². The van der Waals surface area contributed by atoms with Crippen LogP contribution in [0.25, 0.3) is 0 Å². The highest BCUT2D eigenvalue weighted by Gasteiger charge is 2.51. The lowest BCUT2D eigenvalue weighted by Crippen LogP contribution is -2.30. The number of benzene rings is 1. The number of rotatable bonds is 6. The molecule has 0 radical (unpaired) electrons. The smallest absolute Gasteiger partial charge is 0.291 e. The molecule has 0 spiro atoms. The zero-order valence-electron chi connectivity index (χ0n) is 17.2. The number of Topliss-reactive ketones (excluding diaryl/α,β-unsaturated/α-hetero) is 2. The summed E-state index contributed by atoms with van der Waals surface area (Å²) in [5.74, 6) is -2.29. The highest BCUT2D eigenvalue weighted by molar-refractivity contribution is 6.44. The Morgan fingerprint density at radius 3 is 2.42 bits per heavy atom. The molecule has 0 N–H and O–H groups in total. The predicted octanol–water partition coefficient (Wildman–Crippen LogP) is 2.95. The molecule has 0 saturated carbocycles. The highest BCUT2D eigenvalue weighted by Crippen LogP contribution is 2.39. The van der Waals surface area contributed by atoms with Crippen LogP contribution in [0, 0.1) is 12.8 Å². The van der Waals surface area contributed by atoms with Crippen LogP contribution in [-0.2, 0) is 16.1 Å². The second-order valence-electron chi connectivity index (χ2n) is 7.42.